The number of benzene rings is 2. The number of aryl methyl sites for hydroxylation is 2. The molecule has 0 fully saturated rings. The molecule has 1 unspecified atom stereocenters. The van der Waals surface area contributed by atoms with Gasteiger partial charge in [-0.2, -0.15) is 5.10 Å². The number of hydrogen-bond donors (Lipinski definition) is 1. The molecule has 0 spiro atoms. The Balaban J connectivity index is 1.92. The summed E-state index contributed by atoms with van der Waals surface area (Å²) < 4.78 is 31.8. The molecule has 2 amide bonds. The zero-order valence-electron chi connectivity index (χ0n) is 20.0. The number of ether oxygens (including phenoxy) is 2. The van der Waals surface area contributed by atoms with Gasteiger partial charge in [-0.25, -0.2) is 14.2 Å². The number of nitrogens with one attached hydrogen (secondary N) is 1. The second-order valence-corrected chi connectivity index (χ2v) is 8.14. The van der Waals surface area contributed by atoms with E-state index in [4.69, 9.17) is 14.0 Å². The fourth-order valence-corrected chi connectivity index (χ4v) is 4.33. The third-order valence-corrected chi connectivity index (χ3v) is 5.97. The van der Waals surface area contributed by atoms with E-state index in [2.05, 4.69) is 15.6 Å². The maximum absolute atomic E-state index is 15.8. The van der Waals surface area contributed by atoms with E-state index < -0.39 is 5.82 Å². The van der Waals surface area contributed by atoms with Crippen molar-refractivity contribution in [1.29, 1.82) is 0 Å². The Kier molecular flexibility index (Phi) is 6.28. The van der Waals surface area contributed by atoms with Crippen molar-refractivity contribution in [3.05, 3.63) is 64.3 Å². The molecule has 8 nitrogen and oxygen atoms in total. The van der Waals surface area contributed by atoms with Crippen LogP contribution in [0.15, 0.2) is 40.0 Å². The summed E-state index contributed by atoms with van der Waals surface area (Å²) in [5.74, 6) is 0.399. The summed E-state index contributed by atoms with van der Waals surface area (Å²) in [6.07, 6.45) is 0.379. The van der Waals surface area contributed by atoms with Gasteiger partial charge in [0.25, 0.3) is 0 Å². The fraction of sp³-hybridized carbons (Fsp3) is 0.320. The molecule has 9 heteroatoms. The maximum Gasteiger partial charge on any atom is 0.337 e. The zero-order chi connectivity index (χ0) is 24.6. The molecule has 0 saturated heterocycles. The summed E-state index contributed by atoms with van der Waals surface area (Å²) >= 11 is 0. The highest BCUT2D eigenvalue weighted by Gasteiger charge is 2.31. The molecule has 2 heterocycles. The average molecular weight is 467 g/mol. The molecule has 4 rings (SSSR count). The molecule has 1 atom stereocenters. The predicted molar refractivity (Wildman–Crippen MR) is 126 cm³/mol. The second-order valence-electron chi connectivity index (χ2n) is 8.14. The van der Waals surface area contributed by atoms with Gasteiger partial charge in [0.1, 0.15) is 11.5 Å². The van der Waals surface area contributed by atoms with Gasteiger partial charge in [0.2, 0.25) is 0 Å². The number of carbonyl (C=O) groups excluding carboxylic acids is 1. The summed E-state index contributed by atoms with van der Waals surface area (Å²) in [5, 5.41) is 12.6. The minimum atomic E-state index is -0.587. The molecule has 1 aromatic heterocycles. The van der Waals surface area contributed by atoms with Crippen LogP contribution in [0.3, 0.4) is 0 Å². The van der Waals surface area contributed by atoms with Gasteiger partial charge in [-0.05, 0) is 44.4 Å². The van der Waals surface area contributed by atoms with E-state index in [1.54, 1.807) is 6.07 Å². The van der Waals surface area contributed by atoms with Gasteiger partial charge < -0.3 is 19.3 Å². The monoisotopic (exact) mass is 466 g/mol. The number of carbonyl (C=O) groups is 1. The summed E-state index contributed by atoms with van der Waals surface area (Å²) in [7, 11) is 4.38. The van der Waals surface area contributed by atoms with E-state index in [1.165, 1.54) is 26.3 Å². The van der Waals surface area contributed by atoms with Crippen molar-refractivity contribution in [2.75, 3.05) is 21.3 Å². The van der Waals surface area contributed by atoms with Crippen LogP contribution in [0, 0.1) is 19.7 Å². The Labute approximate surface area is 197 Å². The summed E-state index contributed by atoms with van der Waals surface area (Å²) in [5.41, 5.74) is 4.53. The van der Waals surface area contributed by atoms with Gasteiger partial charge in [0.05, 0.1) is 26.0 Å². The lowest BCUT2D eigenvalue weighted by Crippen LogP contribution is -2.41. The first-order valence-electron chi connectivity index (χ1n) is 10.9. The number of amides is 2. The molecule has 0 aliphatic carbocycles. The number of halogens is 1. The fourth-order valence-electron chi connectivity index (χ4n) is 4.33. The molecule has 0 radical (unpaired) electrons. The average Bonchev–Trinajstić information content (AvgIpc) is 3.09. The quantitative estimate of drug-likeness (QED) is 0.614. The van der Waals surface area contributed by atoms with E-state index in [0.29, 0.717) is 29.0 Å². The lowest BCUT2D eigenvalue weighted by Gasteiger charge is -2.22. The molecular weight excluding hydrogens is 439 g/mol. The minimum absolute atomic E-state index is 0.0117. The molecule has 1 aliphatic heterocycles. The van der Waals surface area contributed by atoms with Crippen LogP contribution in [-0.4, -0.2) is 49.2 Å². The number of nitrogens with zero attached hydrogens (tertiary/aromatic N) is 3. The topological polar surface area (TPSA) is 89.2 Å². The van der Waals surface area contributed by atoms with Crippen molar-refractivity contribution in [1.82, 2.24) is 15.5 Å². The Bertz CT molecular complexity index is 1250. The highest BCUT2D eigenvalue weighted by atomic mass is 19.1. The van der Waals surface area contributed by atoms with Crippen LogP contribution in [0.25, 0.3) is 11.1 Å². The van der Waals surface area contributed by atoms with E-state index in [0.717, 1.165) is 16.8 Å². The van der Waals surface area contributed by atoms with Gasteiger partial charge >= 0.3 is 6.03 Å². The Morgan fingerprint density at radius 2 is 1.82 bits per heavy atom. The van der Waals surface area contributed by atoms with E-state index >= 15 is 4.39 Å². The maximum atomic E-state index is 15.8. The predicted octanol–water partition coefficient (Wildman–Crippen LogP) is 4.45. The van der Waals surface area contributed by atoms with Crippen LogP contribution in [0.2, 0.25) is 0 Å². The number of urea groups is 1. The van der Waals surface area contributed by atoms with Gasteiger partial charge in [-0.1, -0.05) is 29.4 Å². The summed E-state index contributed by atoms with van der Waals surface area (Å²) in [4.78, 5) is 12.6. The van der Waals surface area contributed by atoms with Crippen LogP contribution in [0.5, 0.6) is 11.5 Å². The molecule has 1 N–H and O–H groups in total. The second kappa shape index (κ2) is 9.17. The SMILES string of the molecule is CNC(=O)N1N=C(c2ccc(-c3c(C)noc3C)cc2)c2c(cc(OC)c(OC)c2F)CC1C. The van der Waals surface area contributed by atoms with Crippen molar-refractivity contribution >= 4 is 11.7 Å². The van der Waals surface area contributed by atoms with Crippen molar-refractivity contribution < 1.29 is 23.2 Å². The van der Waals surface area contributed by atoms with E-state index in [9.17, 15) is 4.79 Å². The van der Waals surface area contributed by atoms with E-state index in [1.807, 2.05) is 45.0 Å². The van der Waals surface area contributed by atoms with Gasteiger partial charge in [-0.3, -0.25) is 0 Å². The molecule has 0 saturated carbocycles. The first-order valence-corrected chi connectivity index (χ1v) is 10.9. The number of hydrogen-bond acceptors (Lipinski definition) is 6. The largest absolute Gasteiger partial charge is 0.493 e. The first-order chi connectivity index (χ1) is 16.3. The van der Waals surface area contributed by atoms with Gasteiger partial charge in [0.15, 0.2) is 17.3 Å². The van der Waals surface area contributed by atoms with Crippen LogP contribution in [-0.2, 0) is 6.42 Å². The lowest BCUT2D eigenvalue weighted by atomic mass is 9.92. The number of methoxy groups -OCH3 is 2. The van der Waals surface area contributed by atoms with Crippen molar-refractivity contribution in [3.8, 4) is 22.6 Å². The molecule has 3 aromatic rings. The third kappa shape index (κ3) is 3.87. The Morgan fingerprint density at radius 1 is 1.15 bits per heavy atom. The highest BCUT2D eigenvalue weighted by molar-refractivity contribution is 6.15. The minimum Gasteiger partial charge on any atom is -0.493 e. The third-order valence-electron chi connectivity index (χ3n) is 5.97. The van der Waals surface area contributed by atoms with Crippen molar-refractivity contribution in [2.24, 2.45) is 5.10 Å². The Morgan fingerprint density at radius 3 is 2.38 bits per heavy atom. The van der Waals surface area contributed by atoms with E-state index in [-0.39, 0.29) is 29.1 Å². The molecule has 34 heavy (non-hydrogen) atoms. The molecule has 178 valence electrons. The Hall–Kier alpha value is -3.88. The highest BCUT2D eigenvalue weighted by Crippen LogP contribution is 2.38. The van der Waals surface area contributed by atoms with Crippen molar-refractivity contribution in [2.45, 2.75) is 33.2 Å². The van der Waals surface area contributed by atoms with Gasteiger partial charge in [-0.15, -0.1) is 0 Å². The molecule has 0 bridgehead atoms. The van der Waals surface area contributed by atoms with Crippen molar-refractivity contribution in [3.63, 3.8) is 0 Å². The zero-order valence-corrected chi connectivity index (χ0v) is 20.0. The van der Waals surface area contributed by atoms with Gasteiger partial charge in [0, 0.05) is 23.7 Å². The lowest BCUT2D eigenvalue weighted by molar-refractivity contribution is 0.184. The normalized spacial score (nSPS) is 15.3. The molecule has 2 aromatic carbocycles. The number of rotatable bonds is 4. The standard InChI is InChI=1S/C25H27FN4O4/c1-13-11-18-12-19(32-5)24(33-6)22(26)21(18)23(28-30(13)25(31)27-4)17-9-7-16(8-10-17)20-14(2)29-34-15(20)3/h7-10,12-13H,11H2,1-6H3,(H,27,31). The smallest absolute Gasteiger partial charge is 0.337 e. The van der Waals surface area contributed by atoms with Crippen LogP contribution < -0.4 is 14.8 Å². The number of hydrazone groups is 1. The summed E-state index contributed by atoms with van der Waals surface area (Å²) in [6.45, 7) is 5.59. The molecule has 1 aliphatic rings. The van der Waals surface area contributed by atoms with Crippen LogP contribution >= 0.6 is 0 Å². The molecular formula is C25H27FN4O4. The summed E-state index contributed by atoms with van der Waals surface area (Å²) in [6, 6.07) is 8.53. The van der Waals surface area contributed by atoms with Crippen LogP contribution in [0.1, 0.15) is 35.1 Å². The number of fused-ring (bicyclic) bond motifs is 1. The number of aromatic nitrogens is 1. The first kappa shape index (κ1) is 23.3. The van der Waals surface area contributed by atoms with Crippen LogP contribution in [0.4, 0.5) is 9.18 Å².